The van der Waals surface area contributed by atoms with Crippen LogP contribution in [0.4, 0.5) is 5.69 Å². The van der Waals surface area contributed by atoms with Crippen molar-refractivity contribution in [2.24, 2.45) is 7.05 Å². The second-order valence-electron chi connectivity index (χ2n) is 4.47. The summed E-state index contributed by atoms with van der Waals surface area (Å²) in [6.45, 7) is 4.06. The molecule has 0 saturated heterocycles. The number of aryl methyl sites for hydroxylation is 2. The highest BCUT2D eigenvalue weighted by molar-refractivity contribution is 7.21. The number of nitrogens with zero attached hydrogens (tertiary/aromatic N) is 2. The first-order valence-corrected chi connectivity index (χ1v) is 6.97. The summed E-state index contributed by atoms with van der Waals surface area (Å²) in [6, 6.07) is 0. The second kappa shape index (κ2) is 5.49. The number of nitrogens with one attached hydrogen (secondary N) is 2. The Balaban J connectivity index is 2.12. The standard InChI is InChI=1S/C12H17N5O2S/c1-6-8-9(13)10(20-12(8)17(3)16-6)11(19)15-5-4-14-7(2)18/h4-5,13H2,1-3H3,(H,14,18)(H,15,19). The maximum absolute atomic E-state index is 12.1. The van der Waals surface area contributed by atoms with E-state index in [2.05, 4.69) is 15.7 Å². The Labute approximate surface area is 120 Å². The van der Waals surface area contributed by atoms with Crippen molar-refractivity contribution in [1.29, 1.82) is 0 Å². The van der Waals surface area contributed by atoms with Gasteiger partial charge in [0, 0.05) is 27.1 Å². The Bertz CT molecular complexity index is 673. The van der Waals surface area contributed by atoms with Gasteiger partial charge >= 0.3 is 0 Å². The van der Waals surface area contributed by atoms with E-state index in [1.54, 1.807) is 4.68 Å². The van der Waals surface area contributed by atoms with Gasteiger partial charge in [0.15, 0.2) is 0 Å². The van der Waals surface area contributed by atoms with Gasteiger partial charge in [-0.1, -0.05) is 0 Å². The molecule has 0 radical (unpaired) electrons. The smallest absolute Gasteiger partial charge is 0.263 e. The molecule has 7 nitrogen and oxygen atoms in total. The van der Waals surface area contributed by atoms with Gasteiger partial charge in [-0.25, -0.2) is 0 Å². The summed E-state index contributed by atoms with van der Waals surface area (Å²) in [6.07, 6.45) is 0. The summed E-state index contributed by atoms with van der Waals surface area (Å²) in [5.41, 5.74) is 7.31. The zero-order chi connectivity index (χ0) is 14.9. The van der Waals surface area contributed by atoms with Crippen LogP contribution < -0.4 is 16.4 Å². The predicted octanol–water partition coefficient (Wildman–Crippen LogP) is 0.391. The molecule has 108 valence electrons. The Morgan fingerprint density at radius 3 is 2.60 bits per heavy atom. The molecule has 0 unspecified atom stereocenters. The number of aromatic nitrogens is 2. The number of thiophene rings is 1. The Hall–Kier alpha value is -2.09. The molecule has 0 aromatic carbocycles. The highest BCUT2D eigenvalue weighted by Gasteiger charge is 2.20. The number of hydrogen-bond donors (Lipinski definition) is 3. The molecule has 4 N–H and O–H groups in total. The zero-order valence-electron chi connectivity index (χ0n) is 11.6. The first kappa shape index (κ1) is 14.3. The minimum atomic E-state index is -0.228. The first-order valence-electron chi connectivity index (χ1n) is 6.16. The summed E-state index contributed by atoms with van der Waals surface area (Å²) in [7, 11) is 1.82. The summed E-state index contributed by atoms with van der Waals surface area (Å²) < 4.78 is 1.72. The molecule has 0 atom stereocenters. The van der Waals surface area contributed by atoms with Crippen LogP contribution in [0.3, 0.4) is 0 Å². The fourth-order valence-corrected chi connectivity index (χ4v) is 3.10. The molecule has 2 heterocycles. The molecular weight excluding hydrogens is 278 g/mol. The van der Waals surface area contributed by atoms with E-state index in [9.17, 15) is 9.59 Å². The Morgan fingerprint density at radius 1 is 1.35 bits per heavy atom. The molecule has 2 amide bonds. The molecule has 8 heteroatoms. The number of carbonyl (C=O) groups is 2. The van der Waals surface area contributed by atoms with Gasteiger partial charge < -0.3 is 16.4 Å². The summed E-state index contributed by atoms with van der Waals surface area (Å²) in [5.74, 6) is -0.351. The number of anilines is 1. The first-order chi connectivity index (χ1) is 9.41. The SMILES string of the molecule is CC(=O)NCCNC(=O)c1sc2c(c(C)nn2C)c1N. The lowest BCUT2D eigenvalue weighted by Gasteiger charge is -2.05. The van der Waals surface area contributed by atoms with Crippen LogP contribution in [0.1, 0.15) is 22.3 Å². The van der Waals surface area contributed by atoms with Gasteiger partial charge in [0.1, 0.15) is 9.71 Å². The lowest BCUT2D eigenvalue weighted by atomic mass is 10.2. The minimum absolute atomic E-state index is 0.123. The van der Waals surface area contributed by atoms with Crippen LogP contribution in [0, 0.1) is 6.92 Å². The fraction of sp³-hybridized carbons (Fsp3) is 0.417. The number of carbonyl (C=O) groups excluding carboxylic acids is 2. The van der Waals surface area contributed by atoms with E-state index >= 15 is 0 Å². The third-order valence-corrected chi connectivity index (χ3v) is 4.14. The molecule has 0 spiro atoms. The van der Waals surface area contributed by atoms with Crippen molar-refractivity contribution in [3.05, 3.63) is 10.6 Å². The molecule has 20 heavy (non-hydrogen) atoms. The van der Waals surface area contributed by atoms with E-state index in [4.69, 9.17) is 5.73 Å². The molecular formula is C12H17N5O2S. The number of amides is 2. The Morgan fingerprint density at radius 2 is 2.00 bits per heavy atom. The van der Waals surface area contributed by atoms with Crippen LogP contribution >= 0.6 is 11.3 Å². The number of nitrogens with two attached hydrogens (primary N) is 1. The monoisotopic (exact) mass is 295 g/mol. The zero-order valence-corrected chi connectivity index (χ0v) is 12.4. The van der Waals surface area contributed by atoms with Gasteiger partial charge in [0.25, 0.3) is 5.91 Å². The third kappa shape index (κ3) is 2.60. The van der Waals surface area contributed by atoms with Crippen LogP contribution in [-0.2, 0) is 11.8 Å². The number of rotatable bonds is 4. The largest absolute Gasteiger partial charge is 0.397 e. The van der Waals surface area contributed by atoms with Crippen LogP contribution in [0.15, 0.2) is 0 Å². The maximum Gasteiger partial charge on any atom is 0.263 e. The van der Waals surface area contributed by atoms with E-state index in [-0.39, 0.29) is 11.8 Å². The highest BCUT2D eigenvalue weighted by Crippen LogP contribution is 2.35. The quantitative estimate of drug-likeness (QED) is 0.710. The van der Waals surface area contributed by atoms with Crippen molar-refractivity contribution in [2.45, 2.75) is 13.8 Å². The van der Waals surface area contributed by atoms with Crippen molar-refractivity contribution in [1.82, 2.24) is 20.4 Å². The van der Waals surface area contributed by atoms with Gasteiger partial charge in [-0.3, -0.25) is 14.3 Å². The minimum Gasteiger partial charge on any atom is -0.397 e. The van der Waals surface area contributed by atoms with Crippen molar-refractivity contribution in [3.63, 3.8) is 0 Å². The lowest BCUT2D eigenvalue weighted by molar-refractivity contribution is -0.118. The highest BCUT2D eigenvalue weighted by atomic mass is 32.1. The number of hydrogen-bond acceptors (Lipinski definition) is 5. The average Bonchev–Trinajstić information content (AvgIpc) is 2.85. The van der Waals surface area contributed by atoms with Crippen molar-refractivity contribution >= 4 is 39.1 Å². The predicted molar refractivity (Wildman–Crippen MR) is 78.8 cm³/mol. The number of fused-ring (bicyclic) bond motifs is 1. The fourth-order valence-electron chi connectivity index (χ4n) is 1.99. The van der Waals surface area contributed by atoms with Crippen LogP contribution in [-0.4, -0.2) is 34.7 Å². The molecule has 0 aliphatic rings. The molecule has 0 aliphatic carbocycles. The van der Waals surface area contributed by atoms with Crippen molar-refractivity contribution in [3.8, 4) is 0 Å². The lowest BCUT2D eigenvalue weighted by Crippen LogP contribution is -2.33. The molecule has 2 rings (SSSR count). The molecule has 0 bridgehead atoms. The molecule has 0 fully saturated rings. The van der Waals surface area contributed by atoms with Crippen LogP contribution in [0.5, 0.6) is 0 Å². The molecule has 2 aromatic heterocycles. The summed E-state index contributed by atoms with van der Waals surface area (Å²) in [5, 5.41) is 10.5. The van der Waals surface area contributed by atoms with Gasteiger partial charge in [-0.2, -0.15) is 5.10 Å². The third-order valence-electron chi connectivity index (χ3n) is 2.87. The summed E-state index contributed by atoms with van der Waals surface area (Å²) >= 11 is 1.32. The average molecular weight is 295 g/mol. The van der Waals surface area contributed by atoms with Crippen LogP contribution in [0.25, 0.3) is 10.2 Å². The number of nitrogen functional groups attached to an aromatic ring is 1. The normalized spacial score (nSPS) is 10.8. The van der Waals surface area contributed by atoms with Crippen molar-refractivity contribution in [2.75, 3.05) is 18.8 Å². The van der Waals surface area contributed by atoms with E-state index in [1.165, 1.54) is 18.3 Å². The second-order valence-corrected chi connectivity index (χ2v) is 5.47. The van der Waals surface area contributed by atoms with Gasteiger partial charge in [0.2, 0.25) is 5.91 Å². The van der Waals surface area contributed by atoms with Gasteiger partial charge in [-0.05, 0) is 6.92 Å². The van der Waals surface area contributed by atoms with Gasteiger partial charge in [-0.15, -0.1) is 11.3 Å². The van der Waals surface area contributed by atoms with E-state index in [1.807, 2.05) is 14.0 Å². The van der Waals surface area contributed by atoms with E-state index in [0.29, 0.717) is 23.7 Å². The molecule has 0 saturated carbocycles. The topological polar surface area (TPSA) is 102 Å². The van der Waals surface area contributed by atoms with Gasteiger partial charge in [0.05, 0.1) is 16.8 Å². The van der Waals surface area contributed by atoms with Crippen molar-refractivity contribution < 1.29 is 9.59 Å². The maximum atomic E-state index is 12.1. The molecule has 2 aromatic rings. The van der Waals surface area contributed by atoms with E-state index < -0.39 is 0 Å². The summed E-state index contributed by atoms with van der Waals surface area (Å²) in [4.78, 5) is 24.2. The Kier molecular flexibility index (Phi) is 3.93. The van der Waals surface area contributed by atoms with E-state index in [0.717, 1.165) is 15.9 Å². The molecule has 0 aliphatic heterocycles. The van der Waals surface area contributed by atoms with Crippen LogP contribution in [0.2, 0.25) is 0 Å².